The van der Waals surface area contributed by atoms with Gasteiger partial charge in [0.15, 0.2) is 11.5 Å². The maximum Gasteiger partial charge on any atom is 0.179 e. The van der Waals surface area contributed by atoms with E-state index in [0.717, 1.165) is 11.3 Å². The van der Waals surface area contributed by atoms with E-state index in [-0.39, 0.29) is 5.41 Å². The van der Waals surface area contributed by atoms with Crippen LogP contribution in [0.4, 0.5) is 0 Å². The zero-order chi connectivity index (χ0) is 19.3. The lowest BCUT2D eigenvalue weighted by Crippen LogP contribution is -2.16. The molecule has 0 aliphatic rings. The van der Waals surface area contributed by atoms with Crippen LogP contribution in [-0.4, -0.2) is 20.3 Å². The summed E-state index contributed by atoms with van der Waals surface area (Å²) in [6.07, 6.45) is 0. The zero-order valence-electron chi connectivity index (χ0n) is 15.9. The van der Waals surface area contributed by atoms with Gasteiger partial charge in [0.1, 0.15) is 19.0 Å². The second-order valence-corrected chi connectivity index (χ2v) is 7.45. The van der Waals surface area contributed by atoms with Gasteiger partial charge >= 0.3 is 0 Å². The first-order valence-electron chi connectivity index (χ1n) is 8.40. The lowest BCUT2D eigenvalue weighted by atomic mass is 9.85. The molecule has 4 nitrogen and oxygen atoms in total. The summed E-state index contributed by atoms with van der Waals surface area (Å²) in [7, 11) is 1.51. The highest BCUT2D eigenvalue weighted by molar-refractivity contribution is 6.32. The molecule has 2 rings (SSSR count). The monoisotopic (exact) mass is 373 g/mol. The number of nitriles is 1. The number of methoxy groups -OCH3 is 1. The molecule has 0 unspecified atom stereocenters. The molecular formula is C21H24ClNO3. The Balaban J connectivity index is 2.06. The maximum absolute atomic E-state index is 9.00. The summed E-state index contributed by atoms with van der Waals surface area (Å²) >= 11 is 6.19. The van der Waals surface area contributed by atoms with Crippen LogP contribution in [-0.2, 0) is 5.41 Å². The highest BCUT2D eigenvalue weighted by atomic mass is 35.5. The first-order chi connectivity index (χ1) is 12.3. The first kappa shape index (κ1) is 19.9. The molecule has 0 N–H and O–H groups in total. The normalized spacial score (nSPS) is 11.0. The van der Waals surface area contributed by atoms with E-state index in [2.05, 4.69) is 33.8 Å². The van der Waals surface area contributed by atoms with Crippen LogP contribution >= 0.6 is 11.6 Å². The van der Waals surface area contributed by atoms with Crippen LogP contribution in [0.1, 0.15) is 37.5 Å². The SMILES string of the molecule is COc1cc(C#N)cc(Cl)c1OCCOc1ccc(C)cc1C(C)(C)C. The topological polar surface area (TPSA) is 51.5 Å². The lowest BCUT2D eigenvalue weighted by Gasteiger charge is -2.23. The van der Waals surface area contributed by atoms with E-state index < -0.39 is 0 Å². The molecule has 0 spiro atoms. The number of benzene rings is 2. The van der Waals surface area contributed by atoms with Crippen molar-refractivity contribution >= 4 is 11.6 Å². The summed E-state index contributed by atoms with van der Waals surface area (Å²) in [6, 6.07) is 11.4. The van der Waals surface area contributed by atoms with Crippen molar-refractivity contribution in [1.29, 1.82) is 5.26 Å². The van der Waals surface area contributed by atoms with Gasteiger partial charge in [0.2, 0.25) is 0 Å². The van der Waals surface area contributed by atoms with E-state index in [1.165, 1.54) is 12.7 Å². The Bertz CT molecular complexity index is 819. The van der Waals surface area contributed by atoms with Gasteiger partial charge in [0, 0.05) is 6.07 Å². The number of nitrogens with zero attached hydrogens (tertiary/aromatic N) is 1. The van der Waals surface area contributed by atoms with Crippen LogP contribution < -0.4 is 14.2 Å². The second kappa shape index (κ2) is 8.33. The molecule has 2 aromatic carbocycles. The maximum atomic E-state index is 9.00. The number of hydrogen-bond donors (Lipinski definition) is 0. The van der Waals surface area contributed by atoms with E-state index in [0.29, 0.717) is 35.3 Å². The Morgan fingerprint density at radius 1 is 1.04 bits per heavy atom. The molecule has 0 fully saturated rings. The average molecular weight is 374 g/mol. The number of halogens is 1. The van der Waals surface area contributed by atoms with Crippen LogP contribution in [0.15, 0.2) is 30.3 Å². The Morgan fingerprint density at radius 2 is 1.73 bits per heavy atom. The number of rotatable bonds is 6. The number of ether oxygens (including phenoxy) is 3. The van der Waals surface area contributed by atoms with E-state index in [1.54, 1.807) is 12.1 Å². The third kappa shape index (κ3) is 4.83. The van der Waals surface area contributed by atoms with Gasteiger partial charge in [-0.25, -0.2) is 0 Å². The van der Waals surface area contributed by atoms with E-state index in [1.807, 2.05) is 18.2 Å². The third-order valence-corrected chi connectivity index (χ3v) is 4.17. The summed E-state index contributed by atoms with van der Waals surface area (Å²) in [5.74, 6) is 1.70. The summed E-state index contributed by atoms with van der Waals surface area (Å²) < 4.78 is 16.9. The molecule has 0 heterocycles. The van der Waals surface area contributed by atoms with E-state index in [4.69, 9.17) is 31.1 Å². The fraction of sp³-hybridized carbons (Fsp3) is 0.381. The number of hydrogen-bond acceptors (Lipinski definition) is 4. The summed E-state index contributed by atoms with van der Waals surface area (Å²) in [5.41, 5.74) is 2.77. The molecule has 0 bridgehead atoms. The summed E-state index contributed by atoms with van der Waals surface area (Å²) in [6.45, 7) is 9.22. The van der Waals surface area contributed by atoms with Crippen molar-refractivity contribution < 1.29 is 14.2 Å². The van der Waals surface area contributed by atoms with Gasteiger partial charge in [-0.2, -0.15) is 5.26 Å². The van der Waals surface area contributed by atoms with E-state index in [9.17, 15) is 0 Å². The molecule has 0 aliphatic carbocycles. The van der Waals surface area contributed by atoms with Crippen LogP contribution in [0.25, 0.3) is 0 Å². The molecule has 26 heavy (non-hydrogen) atoms. The van der Waals surface area contributed by atoms with Crippen molar-refractivity contribution in [3.05, 3.63) is 52.0 Å². The van der Waals surface area contributed by atoms with Crippen LogP contribution in [0.3, 0.4) is 0 Å². The molecule has 0 radical (unpaired) electrons. The summed E-state index contributed by atoms with van der Waals surface area (Å²) in [5, 5.41) is 9.34. The Kier molecular flexibility index (Phi) is 6.39. The Labute approximate surface area is 160 Å². The third-order valence-electron chi connectivity index (χ3n) is 3.89. The van der Waals surface area contributed by atoms with Gasteiger partial charge in [-0.3, -0.25) is 0 Å². The predicted molar refractivity (Wildman–Crippen MR) is 104 cm³/mol. The van der Waals surface area contributed by atoms with Crippen molar-refractivity contribution in [2.75, 3.05) is 20.3 Å². The van der Waals surface area contributed by atoms with Gasteiger partial charge in [-0.1, -0.05) is 50.1 Å². The highest BCUT2D eigenvalue weighted by Crippen LogP contribution is 2.36. The van der Waals surface area contributed by atoms with Gasteiger partial charge in [-0.15, -0.1) is 0 Å². The van der Waals surface area contributed by atoms with Crippen molar-refractivity contribution in [2.45, 2.75) is 33.1 Å². The predicted octanol–water partition coefficient (Wildman–Crippen LogP) is 5.28. The van der Waals surface area contributed by atoms with Gasteiger partial charge in [-0.05, 0) is 30.0 Å². The molecule has 0 saturated heterocycles. The average Bonchev–Trinajstić information content (AvgIpc) is 2.59. The van der Waals surface area contributed by atoms with Gasteiger partial charge in [0.05, 0.1) is 23.8 Å². The zero-order valence-corrected chi connectivity index (χ0v) is 16.6. The summed E-state index contributed by atoms with van der Waals surface area (Å²) in [4.78, 5) is 0. The molecule has 0 aliphatic heterocycles. The molecule has 2 aromatic rings. The molecular weight excluding hydrogens is 350 g/mol. The minimum absolute atomic E-state index is 0.0120. The smallest absolute Gasteiger partial charge is 0.179 e. The van der Waals surface area contributed by atoms with Crippen molar-refractivity contribution in [1.82, 2.24) is 0 Å². The Hall–Kier alpha value is -2.38. The van der Waals surface area contributed by atoms with Crippen molar-refractivity contribution in [2.24, 2.45) is 0 Å². The van der Waals surface area contributed by atoms with E-state index >= 15 is 0 Å². The van der Waals surface area contributed by atoms with Crippen molar-refractivity contribution in [3.63, 3.8) is 0 Å². The van der Waals surface area contributed by atoms with Crippen molar-refractivity contribution in [3.8, 4) is 23.3 Å². The molecule has 0 saturated carbocycles. The minimum atomic E-state index is -0.0120. The molecule has 138 valence electrons. The molecule has 0 aromatic heterocycles. The molecule has 5 heteroatoms. The molecule has 0 atom stereocenters. The minimum Gasteiger partial charge on any atom is -0.493 e. The van der Waals surface area contributed by atoms with Gasteiger partial charge < -0.3 is 14.2 Å². The number of aryl methyl sites for hydroxylation is 1. The fourth-order valence-electron chi connectivity index (χ4n) is 2.58. The van der Waals surface area contributed by atoms with Crippen LogP contribution in [0.2, 0.25) is 5.02 Å². The molecule has 0 amide bonds. The lowest BCUT2D eigenvalue weighted by molar-refractivity contribution is 0.209. The largest absolute Gasteiger partial charge is 0.493 e. The second-order valence-electron chi connectivity index (χ2n) is 7.05. The van der Waals surface area contributed by atoms with Gasteiger partial charge in [0.25, 0.3) is 0 Å². The first-order valence-corrected chi connectivity index (χ1v) is 8.78. The Morgan fingerprint density at radius 3 is 2.35 bits per heavy atom. The van der Waals surface area contributed by atoms with Crippen LogP contribution in [0.5, 0.6) is 17.2 Å². The fourth-order valence-corrected chi connectivity index (χ4v) is 2.84. The highest BCUT2D eigenvalue weighted by Gasteiger charge is 2.19. The standard InChI is InChI=1S/C21H24ClNO3/c1-14-6-7-18(16(10-14)21(2,3)4)25-8-9-26-20-17(22)11-15(13-23)12-19(20)24-5/h6-7,10-12H,8-9H2,1-5H3. The van der Waals surface area contributed by atoms with Crippen LogP contribution in [0, 0.1) is 18.3 Å². The quantitative estimate of drug-likeness (QED) is 0.646.